The second-order valence-corrected chi connectivity index (χ2v) is 8.37. The Morgan fingerprint density at radius 1 is 1.32 bits per heavy atom. The van der Waals surface area contributed by atoms with Gasteiger partial charge in [-0.1, -0.05) is 25.5 Å². The molecule has 5 heteroatoms. The number of hydrogen-bond acceptors (Lipinski definition) is 4. The summed E-state index contributed by atoms with van der Waals surface area (Å²) >= 11 is 0. The number of hydrogen-bond donors (Lipinski definition) is 3. The van der Waals surface area contributed by atoms with E-state index >= 15 is 0 Å². The molecule has 1 fully saturated rings. The summed E-state index contributed by atoms with van der Waals surface area (Å²) < 4.78 is 0. The molecule has 0 bridgehead atoms. The molecule has 1 aromatic rings. The number of benzene rings is 1. The molecule has 0 heterocycles. The molecule has 0 aliphatic heterocycles. The van der Waals surface area contributed by atoms with E-state index in [0.29, 0.717) is 17.5 Å². The van der Waals surface area contributed by atoms with Gasteiger partial charge < -0.3 is 15.3 Å². The predicted molar refractivity (Wildman–Crippen MR) is 92.5 cm³/mol. The first-order valence-electron chi connectivity index (χ1n) is 8.81. The summed E-state index contributed by atoms with van der Waals surface area (Å²) in [6.07, 6.45) is 2.44. The number of carboxylic acid groups (broad SMARTS) is 1. The maximum Gasteiger partial charge on any atom is 0.309 e. The average molecular weight is 346 g/mol. The molecule has 136 valence electrons. The predicted octanol–water partition coefficient (Wildman–Crippen LogP) is 2.62. The molecular weight excluding hydrogens is 320 g/mol. The van der Waals surface area contributed by atoms with Crippen molar-refractivity contribution in [3.8, 4) is 0 Å². The monoisotopic (exact) mass is 346 g/mol. The lowest BCUT2D eigenvalue weighted by atomic mass is 9.49. The molecule has 4 atom stereocenters. The lowest BCUT2D eigenvalue weighted by Gasteiger charge is -2.53. The summed E-state index contributed by atoms with van der Waals surface area (Å²) in [5.41, 5.74) is -0.762. The highest BCUT2D eigenvalue weighted by molar-refractivity contribution is 6.00. The lowest BCUT2D eigenvalue weighted by Crippen LogP contribution is -2.53. The third kappa shape index (κ3) is 2.52. The van der Waals surface area contributed by atoms with Crippen LogP contribution in [0.4, 0.5) is 0 Å². The Balaban J connectivity index is 2.15. The summed E-state index contributed by atoms with van der Waals surface area (Å²) in [6, 6.07) is 5.25. The fourth-order valence-corrected chi connectivity index (χ4v) is 4.90. The number of ketones is 1. The summed E-state index contributed by atoms with van der Waals surface area (Å²) in [5.74, 6) is -1.16. The maximum atomic E-state index is 12.8. The van der Waals surface area contributed by atoms with Gasteiger partial charge in [-0.25, -0.2) is 0 Å². The van der Waals surface area contributed by atoms with Gasteiger partial charge in [0.05, 0.1) is 12.0 Å². The Kier molecular flexibility index (Phi) is 4.08. The van der Waals surface area contributed by atoms with Gasteiger partial charge in [-0.3, -0.25) is 9.59 Å². The SMILES string of the molecule is C[C@@](O)(CO)c1ccc2c(c1)C(=O)C[C@H]1[C@@](C)(C(=O)O)CCC[C@]21C. The van der Waals surface area contributed by atoms with E-state index in [-0.39, 0.29) is 23.5 Å². The van der Waals surface area contributed by atoms with Gasteiger partial charge in [0.1, 0.15) is 5.60 Å². The van der Waals surface area contributed by atoms with E-state index in [2.05, 4.69) is 6.92 Å². The van der Waals surface area contributed by atoms with Crippen molar-refractivity contribution in [3.63, 3.8) is 0 Å². The van der Waals surface area contributed by atoms with Crippen molar-refractivity contribution in [3.05, 3.63) is 34.9 Å². The van der Waals surface area contributed by atoms with Crippen molar-refractivity contribution in [1.82, 2.24) is 0 Å². The van der Waals surface area contributed by atoms with Crippen molar-refractivity contribution in [2.45, 2.75) is 57.5 Å². The van der Waals surface area contributed by atoms with Crippen molar-refractivity contribution < 1.29 is 24.9 Å². The number of carboxylic acids is 1. The third-order valence-corrected chi connectivity index (χ3v) is 6.67. The van der Waals surface area contributed by atoms with Crippen LogP contribution in [0.2, 0.25) is 0 Å². The first-order valence-corrected chi connectivity index (χ1v) is 8.81. The highest BCUT2D eigenvalue weighted by atomic mass is 16.4. The standard InChI is InChI=1S/C20H26O5/c1-18-7-4-8-19(2,17(23)24)16(18)10-15(22)13-9-12(5-6-14(13)18)20(3,25)11-21/h5-6,9,16,21,25H,4,7-8,10-11H2,1-3H3,(H,23,24)/t16-,18-,19+,20-/m1/s1. The number of carbonyl (C=O) groups is 2. The normalized spacial score (nSPS) is 34.0. The molecule has 1 aromatic carbocycles. The zero-order valence-electron chi connectivity index (χ0n) is 15.0. The van der Waals surface area contributed by atoms with Crippen molar-refractivity contribution in [2.24, 2.45) is 11.3 Å². The lowest BCUT2D eigenvalue weighted by molar-refractivity contribution is -0.156. The number of fused-ring (bicyclic) bond motifs is 3. The van der Waals surface area contributed by atoms with Gasteiger partial charge in [0.15, 0.2) is 5.78 Å². The van der Waals surface area contributed by atoms with E-state index in [0.717, 1.165) is 18.4 Å². The van der Waals surface area contributed by atoms with E-state index in [9.17, 15) is 24.9 Å². The molecule has 5 nitrogen and oxygen atoms in total. The van der Waals surface area contributed by atoms with Gasteiger partial charge in [-0.15, -0.1) is 0 Å². The molecule has 0 amide bonds. The Hall–Kier alpha value is -1.72. The molecule has 3 N–H and O–H groups in total. The molecule has 2 aliphatic carbocycles. The van der Waals surface area contributed by atoms with Crippen molar-refractivity contribution >= 4 is 11.8 Å². The van der Waals surface area contributed by atoms with Crippen LogP contribution in [0.3, 0.4) is 0 Å². The highest BCUT2D eigenvalue weighted by Crippen LogP contribution is 2.57. The van der Waals surface area contributed by atoms with Crippen LogP contribution in [0.15, 0.2) is 18.2 Å². The Morgan fingerprint density at radius 2 is 2.00 bits per heavy atom. The maximum absolute atomic E-state index is 12.8. The third-order valence-electron chi connectivity index (χ3n) is 6.67. The minimum atomic E-state index is -1.41. The first-order chi connectivity index (χ1) is 11.6. The summed E-state index contributed by atoms with van der Waals surface area (Å²) in [7, 11) is 0. The zero-order valence-corrected chi connectivity index (χ0v) is 15.0. The average Bonchev–Trinajstić information content (AvgIpc) is 2.56. The summed E-state index contributed by atoms with van der Waals surface area (Å²) in [6.45, 7) is 4.90. The topological polar surface area (TPSA) is 94.8 Å². The van der Waals surface area contributed by atoms with Crippen LogP contribution >= 0.6 is 0 Å². The summed E-state index contributed by atoms with van der Waals surface area (Å²) in [5, 5.41) is 29.5. The quantitative estimate of drug-likeness (QED) is 0.782. The molecular formula is C20H26O5. The number of aliphatic carboxylic acids is 1. The largest absolute Gasteiger partial charge is 0.481 e. The van der Waals surface area contributed by atoms with Crippen molar-refractivity contribution in [2.75, 3.05) is 6.61 Å². The van der Waals surface area contributed by atoms with E-state index in [1.54, 1.807) is 19.1 Å². The van der Waals surface area contributed by atoms with E-state index in [4.69, 9.17) is 0 Å². The van der Waals surface area contributed by atoms with Gasteiger partial charge >= 0.3 is 5.97 Å². The van der Waals surface area contributed by atoms with E-state index < -0.39 is 23.6 Å². The molecule has 2 aliphatic rings. The van der Waals surface area contributed by atoms with Crippen LogP contribution < -0.4 is 0 Å². The van der Waals surface area contributed by atoms with Gasteiger partial charge in [-0.2, -0.15) is 0 Å². The van der Waals surface area contributed by atoms with Crippen LogP contribution in [0.5, 0.6) is 0 Å². The van der Waals surface area contributed by atoms with Gasteiger partial charge in [0.2, 0.25) is 0 Å². The Labute approximate surface area is 147 Å². The minimum Gasteiger partial charge on any atom is -0.481 e. The van der Waals surface area contributed by atoms with Crippen LogP contribution in [0.25, 0.3) is 0 Å². The van der Waals surface area contributed by atoms with Crippen molar-refractivity contribution in [1.29, 1.82) is 0 Å². The highest BCUT2D eigenvalue weighted by Gasteiger charge is 2.56. The molecule has 0 spiro atoms. The van der Waals surface area contributed by atoms with Crippen LogP contribution in [-0.2, 0) is 15.8 Å². The van der Waals surface area contributed by atoms with E-state index in [1.165, 1.54) is 6.92 Å². The van der Waals surface area contributed by atoms with Crippen LogP contribution in [0.1, 0.15) is 67.9 Å². The second-order valence-electron chi connectivity index (χ2n) is 8.37. The summed E-state index contributed by atoms with van der Waals surface area (Å²) in [4.78, 5) is 24.8. The molecule has 25 heavy (non-hydrogen) atoms. The first kappa shape index (κ1) is 18.1. The van der Waals surface area contributed by atoms with Crippen LogP contribution in [0, 0.1) is 11.3 Å². The molecule has 3 rings (SSSR count). The van der Waals surface area contributed by atoms with Gasteiger partial charge in [0, 0.05) is 12.0 Å². The Morgan fingerprint density at radius 3 is 2.60 bits per heavy atom. The minimum absolute atomic E-state index is 0.0811. The number of aliphatic hydroxyl groups is 2. The van der Waals surface area contributed by atoms with Crippen LogP contribution in [-0.4, -0.2) is 33.7 Å². The fourth-order valence-electron chi connectivity index (χ4n) is 4.90. The molecule has 0 saturated heterocycles. The number of Topliss-reactive ketones (excluding diaryl/α,β-unsaturated/α-hetero) is 1. The van der Waals surface area contributed by atoms with Gasteiger partial charge in [0.25, 0.3) is 0 Å². The fraction of sp³-hybridized carbons (Fsp3) is 0.600. The molecule has 1 saturated carbocycles. The second kappa shape index (κ2) is 5.64. The number of rotatable bonds is 3. The van der Waals surface area contributed by atoms with E-state index in [1.807, 2.05) is 6.07 Å². The number of carbonyl (C=O) groups excluding carboxylic acids is 1. The Bertz CT molecular complexity index is 738. The smallest absolute Gasteiger partial charge is 0.309 e. The molecule has 0 radical (unpaired) electrons. The van der Waals surface area contributed by atoms with Gasteiger partial charge in [-0.05, 0) is 55.2 Å². The molecule has 0 aromatic heterocycles. The zero-order chi connectivity index (χ0) is 18.6. The molecule has 0 unspecified atom stereocenters. The number of aliphatic hydroxyl groups excluding tert-OH is 1.